The first-order valence-electron chi connectivity index (χ1n) is 8.77. The van der Waals surface area contributed by atoms with Gasteiger partial charge in [0.2, 0.25) is 15.9 Å². The van der Waals surface area contributed by atoms with Crippen molar-refractivity contribution in [2.45, 2.75) is 44.6 Å². The summed E-state index contributed by atoms with van der Waals surface area (Å²) in [6.45, 7) is 0.755. The Morgan fingerprint density at radius 3 is 2.60 bits per heavy atom. The summed E-state index contributed by atoms with van der Waals surface area (Å²) in [4.78, 5) is 12.1. The lowest BCUT2D eigenvalue weighted by molar-refractivity contribution is -0.121. The van der Waals surface area contributed by atoms with Crippen LogP contribution in [-0.2, 0) is 21.2 Å². The Balaban J connectivity index is 1.79. The molecule has 1 saturated carbocycles. The molecule has 0 heterocycles. The number of carbonyl (C=O) groups is 1. The van der Waals surface area contributed by atoms with Crippen molar-refractivity contribution in [2.24, 2.45) is 0 Å². The Hall–Kier alpha value is -1.60. The average Bonchev–Trinajstić information content (AvgIpc) is 3.08. The molecule has 1 N–H and O–H groups in total. The van der Waals surface area contributed by atoms with Crippen LogP contribution in [0.4, 0.5) is 0 Å². The highest BCUT2D eigenvalue weighted by atomic mass is 32.2. The van der Waals surface area contributed by atoms with Crippen molar-refractivity contribution in [1.82, 2.24) is 9.62 Å². The summed E-state index contributed by atoms with van der Waals surface area (Å²) in [5.74, 6) is 0.683. The maximum absolute atomic E-state index is 12.1. The quantitative estimate of drug-likeness (QED) is 0.723. The molecule has 0 aromatic heterocycles. The zero-order chi connectivity index (χ0) is 18.3. The molecule has 0 atom stereocenters. The predicted octanol–water partition coefficient (Wildman–Crippen LogP) is 1.95. The van der Waals surface area contributed by atoms with Crippen molar-refractivity contribution in [2.75, 3.05) is 26.5 Å². The molecule has 7 heteroatoms. The highest BCUT2D eigenvalue weighted by molar-refractivity contribution is 7.88. The minimum absolute atomic E-state index is 0.0522. The Morgan fingerprint density at radius 1 is 1.28 bits per heavy atom. The van der Waals surface area contributed by atoms with E-state index in [0.29, 0.717) is 13.0 Å². The summed E-state index contributed by atoms with van der Waals surface area (Å²) in [6, 6.07) is 7.75. The number of hydrogen-bond acceptors (Lipinski definition) is 4. The fraction of sp³-hybridized carbons (Fsp3) is 0.611. The molecule has 0 aliphatic heterocycles. The number of para-hydroxylation sites is 1. The van der Waals surface area contributed by atoms with Crippen molar-refractivity contribution >= 4 is 15.9 Å². The van der Waals surface area contributed by atoms with Gasteiger partial charge in [0.15, 0.2) is 0 Å². The van der Waals surface area contributed by atoms with Crippen LogP contribution in [0.1, 0.15) is 37.7 Å². The number of rotatable bonds is 9. The molecule has 1 aliphatic rings. The lowest BCUT2D eigenvalue weighted by atomic mass is 10.1. The molecule has 0 saturated heterocycles. The van der Waals surface area contributed by atoms with E-state index in [-0.39, 0.29) is 24.9 Å². The zero-order valence-electron chi connectivity index (χ0n) is 15.0. The van der Waals surface area contributed by atoms with Crippen LogP contribution >= 0.6 is 0 Å². The highest BCUT2D eigenvalue weighted by Crippen LogP contribution is 2.25. The van der Waals surface area contributed by atoms with Crippen LogP contribution in [0.3, 0.4) is 0 Å². The van der Waals surface area contributed by atoms with Crippen molar-refractivity contribution in [3.63, 3.8) is 0 Å². The number of nitrogens with one attached hydrogen (secondary N) is 1. The van der Waals surface area contributed by atoms with E-state index in [1.807, 2.05) is 24.3 Å². The molecule has 1 amide bonds. The Morgan fingerprint density at radius 2 is 1.96 bits per heavy atom. The molecular formula is C18H28N2O4S. The lowest BCUT2D eigenvalue weighted by Gasteiger charge is -2.26. The summed E-state index contributed by atoms with van der Waals surface area (Å²) in [5.41, 5.74) is 1.04. The Bertz CT molecular complexity index is 669. The van der Waals surface area contributed by atoms with Gasteiger partial charge in [-0.1, -0.05) is 31.0 Å². The Kier molecular flexibility index (Phi) is 7.25. The monoisotopic (exact) mass is 368 g/mol. The first kappa shape index (κ1) is 19.7. The van der Waals surface area contributed by atoms with E-state index in [1.54, 1.807) is 7.11 Å². The van der Waals surface area contributed by atoms with Gasteiger partial charge in [-0.3, -0.25) is 4.79 Å². The molecule has 2 rings (SSSR count). The van der Waals surface area contributed by atoms with Crippen LogP contribution in [0.5, 0.6) is 5.75 Å². The molecule has 0 unspecified atom stereocenters. The largest absolute Gasteiger partial charge is 0.496 e. The summed E-state index contributed by atoms with van der Waals surface area (Å²) in [5, 5.41) is 2.86. The van der Waals surface area contributed by atoms with E-state index in [1.165, 1.54) is 10.6 Å². The van der Waals surface area contributed by atoms with Crippen molar-refractivity contribution in [1.29, 1.82) is 0 Å². The van der Waals surface area contributed by atoms with Gasteiger partial charge in [0.25, 0.3) is 0 Å². The molecule has 1 aliphatic carbocycles. The minimum atomic E-state index is -3.28. The SMILES string of the molecule is COc1ccccc1CCNC(=O)CCN(C1CCCC1)S(C)(=O)=O. The summed E-state index contributed by atoms with van der Waals surface area (Å²) < 4.78 is 30.8. The summed E-state index contributed by atoms with van der Waals surface area (Å²) >= 11 is 0. The number of methoxy groups -OCH3 is 1. The topological polar surface area (TPSA) is 75.7 Å². The van der Waals surface area contributed by atoms with Crippen molar-refractivity contribution in [3.8, 4) is 5.75 Å². The third kappa shape index (κ3) is 6.01. The van der Waals surface area contributed by atoms with E-state index in [0.717, 1.165) is 37.0 Å². The second kappa shape index (κ2) is 9.20. The van der Waals surface area contributed by atoms with Gasteiger partial charge in [0.05, 0.1) is 13.4 Å². The smallest absolute Gasteiger partial charge is 0.221 e. The number of amides is 1. The molecular weight excluding hydrogens is 340 g/mol. The molecule has 140 valence electrons. The van der Waals surface area contributed by atoms with Gasteiger partial charge >= 0.3 is 0 Å². The zero-order valence-corrected chi connectivity index (χ0v) is 15.8. The number of hydrogen-bond donors (Lipinski definition) is 1. The number of sulfonamides is 1. The van der Waals surface area contributed by atoms with E-state index in [4.69, 9.17) is 4.74 Å². The predicted molar refractivity (Wildman–Crippen MR) is 98.1 cm³/mol. The van der Waals surface area contributed by atoms with Crippen LogP contribution in [0.25, 0.3) is 0 Å². The van der Waals surface area contributed by atoms with Gasteiger partial charge in [0, 0.05) is 25.6 Å². The fourth-order valence-electron chi connectivity index (χ4n) is 3.36. The van der Waals surface area contributed by atoms with Crippen molar-refractivity contribution in [3.05, 3.63) is 29.8 Å². The molecule has 1 aromatic carbocycles. The second-order valence-corrected chi connectivity index (χ2v) is 8.41. The Labute approximate surface area is 150 Å². The fourth-order valence-corrected chi connectivity index (χ4v) is 4.53. The standard InChI is InChI=1S/C18H28N2O4S/c1-24-17-10-6-3-7-15(17)11-13-19-18(21)12-14-20(25(2,22)23)16-8-4-5-9-16/h3,6-7,10,16H,4-5,8-9,11-14H2,1-2H3,(H,19,21). The van der Waals surface area contributed by atoms with Gasteiger partial charge in [-0.15, -0.1) is 0 Å². The van der Waals surface area contributed by atoms with E-state index < -0.39 is 10.0 Å². The van der Waals surface area contributed by atoms with Gasteiger partial charge in [-0.05, 0) is 30.9 Å². The third-order valence-corrected chi connectivity index (χ3v) is 5.96. The summed E-state index contributed by atoms with van der Waals surface area (Å²) in [7, 11) is -1.65. The average molecular weight is 368 g/mol. The molecule has 0 bridgehead atoms. The first-order valence-corrected chi connectivity index (χ1v) is 10.6. The highest BCUT2D eigenvalue weighted by Gasteiger charge is 2.29. The molecule has 25 heavy (non-hydrogen) atoms. The molecule has 1 aromatic rings. The molecule has 0 radical (unpaired) electrons. The van der Waals surface area contributed by atoms with Crippen LogP contribution in [0.2, 0.25) is 0 Å². The first-order chi connectivity index (χ1) is 11.9. The second-order valence-electron chi connectivity index (χ2n) is 6.47. The number of nitrogens with zero attached hydrogens (tertiary/aromatic N) is 1. The molecule has 6 nitrogen and oxygen atoms in total. The number of carbonyl (C=O) groups excluding carboxylic acids is 1. The van der Waals surface area contributed by atoms with Crippen LogP contribution < -0.4 is 10.1 Å². The number of ether oxygens (including phenoxy) is 1. The van der Waals surface area contributed by atoms with Gasteiger partial charge in [0.1, 0.15) is 5.75 Å². The van der Waals surface area contributed by atoms with E-state index in [2.05, 4.69) is 5.32 Å². The van der Waals surface area contributed by atoms with Gasteiger partial charge < -0.3 is 10.1 Å². The van der Waals surface area contributed by atoms with Gasteiger partial charge in [-0.2, -0.15) is 4.31 Å². The van der Waals surface area contributed by atoms with E-state index in [9.17, 15) is 13.2 Å². The van der Waals surface area contributed by atoms with Crippen LogP contribution in [0, 0.1) is 0 Å². The minimum Gasteiger partial charge on any atom is -0.496 e. The lowest BCUT2D eigenvalue weighted by Crippen LogP contribution is -2.40. The van der Waals surface area contributed by atoms with Crippen LogP contribution in [-0.4, -0.2) is 51.1 Å². The van der Waals surface area contributed by atoms with Crippen molar-refractivity contribution < 1.29 is 17.9 Å². The van der Waals surface area contributed by atoms with Crippen LogP contribution in [0.15, 0.2) is 24.3 Å². The normalized spacial score (nSPS) is 15.5. The van der Waals surface area contributed by atoms with Gasteiger partial charge in [-0.25, -0.2) is 8.42 Å². The maximum atomic E-state index is 12.1. The molecule has 1 fully saturated rings. The third-order valence-electron chi connectivity index (χ3n) is 4.63. The number of benzene rings is 1. The van der Waals surface area contributed by atoms with E-state index >= 15 is 0 Å². The molecule has 0 spiro atoms. The summed E-state index contributed by atoms with van der Waals surface area (Å²) in [6.07, 6.45) is 5.99. The maximum Gasteiger partial charge on any atom is 0.221 e.